The molecule has 0 aliphatic heterocycles. The zero-order chi connectivity index (χ0) is 29.6. The fraction of sp³-hybridized carbons (Fsp3) is 0.400. The summed E-state index contributed by atoms with van der Waals surface area (Å²) >= 11 is 0. The third-order valence-electron chi connectivity index (χ3n) is 6.56. The third-order valence-corrected chi connectivity index (χ3v) is 6.56. The lowest BCUT2D eigenvalue weighted by Gasteiger charge is -2.26. The standard InChI is InChI=1S/C30H39N5O6/c1-4-5-6-8-24-19-27(31-17-7-18-32-30(36)37)28(35(38)39)29(33-24)34(20-22-9-13-25(40-2)14-10-22)21-23-11-15-26(41-3)16-12-23/h9-16,19,32H,4-8,17-18,20-21H2,1-3H3,(H,31,33)(H,36,37). The van der Waals surface area contributed by atoms with Gasteiger partial charge in [0.1, 0.15) is 17.2 Å². The molecule has 0 fully saturated rings. The Labute approximate surface area is 240 Å². The first-order chi connectivity index (χ1) is 19.8. The van der Waals surface area contributed by atoms with E-state index in [2.05, 4.69) is 17.6 Å². The molecule has 0 aliphatic carbocycles. The maximum Gasteiger partial charge on any atom is 0.404 e. The van der Waals surface area contributed by atoms with Crippen molar-refractivity contribution in [3.8, 4) is 11.5 Å². The number of carbonyl (C=O) groups is 1. The van der Waals surface area contributed by atoms with Crippen LogP contribution in [0.2, 0.25) is 0 Å². The highest BCUT2D eigenvalue weighted by Crippen LogP contribution is 2.37. The van der Waals surface area contributed by atoms with Crippen molar-refractivity contribution in [1.82, 2.24) is 10.3 Å². The highest BCUT2D eigenvalue weighted by atomic mass is 16.6. The molecule has 1 aromatic heterocycles. The quantitative estimate of drug-likeness (QED) is 0.102. The number of amides is 1. The molecule has 1 amide bonds. The van der Waals surface area contributed by atoms with Crippen molar-refractivity contribution in [2.75, 3.05) is 37.5 Å². The molecule has 0 aliphatic rings. The van der Waals surface area contributed by atoms with Crippen molar-refractivity contribution in [2.24, 2.45) is 0 Å². The number of unbranched alkanes of at least 4 members (excludes halogenated alkanes) is 2. The van der Waals surface area contributed by atoms with Crippen molar-refractivity contribution < 1.29 is 24.3 Å². The van der Waals surface area contributed by atoms with Crippen molar-refractivity contribution >= 4 is 23.3 Å². The second kappa shape index (κ2) is 15.9. The van der Waals surface area contributed by atoms with E-state index < -0.39 is 11.0 Å². The van der Waals surface area contributed by atoms with Crippen molar-refractivity contribution in [2.45, 2.75) is 52.1 Å². The number of rotatable bonds is 17. The van der Waals surface area contributed by atoms with Gasteiger partial charge in [-0.05, 0) is 60.7 Å². The van der Waals surface area contributed by atoms with Crippen molar-refractivity contribution in [3.05, 3.63) is 81.5 Å². The van der Waals surface area contributed by atoms with Crippen LogP contribution in [-0.4, -0.2) is 48.4 Å². The van der Waals surface area contributed by atoms with Gasteiger partial charge in [0.15, 0.2) is 0 Å². The first-order valence-electron chi connectivity index (χ1n) is 13.7. The molecule has 1 heterocycles. The monoisotopic (exact) mass is 565 g/mol. The van der Waals surface area contributed by atoms with E-state index in [9.17, 15) is 14.9 Å². The van der Waals surface area contributed by atoms with Crippen LogP contribution in [0.5, 0.6) is 11.5 Å². The molecule has 0 spiro atoms. The molecule has 3 rings (SSSR count). The van der Waals surface area contributed by atoms with Gasteiger partial charge in [-0.1, -0.05) is 44.0 Å². The van der Waals surface area contributed by atoms with Gasteiger partial charge in [0.05, 0.1) is 19.1 Å². The summed E-state index contributed by atoms with van der Waals surface area (Å²) < 4.78 is 10.6. The second-order valence-corrected chi connectivity index (χ2v) is 9.61. The summed E-state index contributed by atoms with van der Waals surface area (Å²) in [6.07, 6.45) is 3.04. The maximum atomic E-state index is 12.5. The van der Waals surface area contributed by atoms with Crippen LogP contribution in [0, 0.1) is 10.1 Å². The summed E-state index contributed by atoms with van der Waals surface area (Å²) in [4.78, 5) is 29.7. The molecular formula is C30H39N5O6. The largest absolute Gasteiger partial charge is 0.497 e. The number of anilines is 2. The number of pyridine rings is 1. The van der Waals surface area contributed by atoms with Crippen LogP contribution >= 0.6 is 0 Å². The van der Waals surface area contributed by atoms with Crippen LogP contribution < -0.4 is 25.0 Å². The fourth-order valence-corrected chi connectivity index (χ4v) is 4.41. The topological polar surface area (TPSA) is 139 Å². The summed E-state index contributed by atoms with van der Waals surface area (Å²) in [6.45, 7) is 3.47. The molecule has 220 valence electrons. The van der Waals surface area contributed by atoms with Gasteiger partial charge in [-0.3, -0.25) is 10.1 Å². The van der Waals surface area contributed by atoms with Crippen LogP contribution in [0.3, 0.4) is 0 Å². The van der Waals surface area contributed by atoms with E-state index in [0.717, 1.165) is 47.6 Å². The molecular weight excluding hydrogens is 526 g/mol. The number of methoxy groups -OCH3 is 2. The first-order valence-corrected chi connectivity index (χ1v) is 13.7. The van der Waals surface area contributed by atoms with Gasteiger partial charge in [-0.2, -0.15) is 0 Å². The molecule has 0 atom stereocenters. The number of aryl methyl sites for hydroxylation is 1. The van der Waals surface area contributed by atoms with Crippen LogP contribution in [-0.2, 0) is 19.5 Å². The zero-order valence-electron chi connectivity index (χ0n) is 23.9. The summed E-state index contributed by atoms with van der Waals surface area (Å²) in [5, 5.41) is 26.9. The van der Waals surface area contributed by atoms with E-state index in [1.807, 2.05) is 53.4 Å². The van der Waals surface area contributed by atoms with E-state index in [1.54, 1.807) is 20.3 Å². The van der Waals surface area contributed by atoms with Crippen LogP contribution in [0.25, 0.3) is 0 Å². The predicted octanol–water partition coefficient (Wildman–Crippen LogP) is 6.02. The lowest BCUT2D eigenvalue weighted by Crippen LogP contribution is -2.26. The minimum atomic E-state index is -1.10. The summed E-state index contributed by atoms with van der Waals surface area (Å²) in [5.74, 6) is 1.73. The molecule has 2 aromatic carbocycles. The minimum Gasteiger partial charge on any atom is -0.497 e. The fourth-order valence-electron chi connectivity index (χ4n) is 4.41. The zero-order valence-corrected chi connectivity index (χ0v) is 23.9. The Bertz CT molecular complexity index is 1220. The number of hydrogen-bond donors (Lipinski definition) is 3. The van der Waals surface area contributed by atoms with Crippen molar-refractivity contribution in [3.63, 3.8) is 0 Å². The third kappa shape index (κ3) is 9.55. The number of nitrogens with zero attached hydrogens (tertiary/aromatic N) is 3. The molecule has 0 unspecified atom stereocenters. The Kier molecular flexibility index (Phi) is 12.0. The van der Waals surface area contributed by atoms with Crippen LogP contribution in [0.15, 0.2) is 54.6 Å². The Hall–Kier alpha value is -4.54. The van der Waals surface area contributed by atoms with E-state index in [1.165, 1.54) is 0 Å². The van der Waals surface area contributed by atoms with Crippen molar-refractivity contribution in [1.29, 1.82) is 0 Å². The Morgan fingerprint density at radius 1 is 0.951 bits per heavy atom. The Morgan fingerprint density at radius 3 is 2.02 bits per heavy atom. The van der Waals surface area contributed by atoms with E-state index in [-0.39, 0.29) is 18.1 Å². The summed E-state index contributed by atoms with van der Waals surface area (Å²) in [6, 6.07) is 16.9. The summed E-state index contributed by atoms with van der Waals surface area (Å²) in [7, 11) is 3.21. The molecule has 3 aromatic rings. The molecule has 41 heavy (non-hydrogen) atoms. The average molecular weight is 566 g/mol. The Balaban J connectivity index is 2.04. The van der Waals surface area contributed by atoms with Gasteiger partial charge >= 0.3 is 11.8 Å². The number of benzene rings is 2. The smallest absolute Gasteiger partial charge is 0.404 e. The van der Waals surface area contributed by atoms with Gasteiger partial charge in [0.2, 0.25) is 5.82 Å². The van der Waals surface area contributed by atoms with Gasteiger partial charge in [0, 0.05) is 31.9 Å². The lowest BCUT2D eigenvalue weighted by atomic mass is 10.1. The Morgan fingerprint density at radius 2 is 1.54 bits per heavy atom. The van der Waals surface area contributed by atoms with E-state index in [0.29, 0.717) is 38.2 Å². The average Bonchev–Trinajstić information content (AvgIpc) is 2.97. The minimum absolute atomic E-state index is 0.113. The second-order valence-electron chi connectivity index (χ2n) is 9.61. The molecule has 3 N–H and O–H groups in total. The van der Waals surface area contributed by atoms with Gasteiger partial charge in [0.25, 0.3) is 0 Å². The molecule has 0 radical (unpaired) electrons. The van der Waals surface area contributed by atoms with E-state index >= 15 is 0 Å². The number of nitrogens with one attached hydrogen (secondary N) is 2. The van der Waals surface area contributed by atoms with Crippen LogP contribution in [0.1, 0.15) is 49.4 Å². The molecule has 0 bridgehead atoms. The molecule has 11 nitrogen and oxygen atoms in total. The predicted molar refractivity (Wildman–Crippen MR) is 159 cm³/mol. The van der Waals surface area contributed by atoms with Crippen LogP contribution in [0.4, 0.5) is 22.0 Å². The number of ether oxygens (including phenoxy) is 2. The lowest BCUT2D eigenvalue weighted by molar-refractivity contribution is -0.383. The number of nitro groups is 1. The highest BCUT2D eigenvalue weighted by molar-refractivity contribution is 5.75. The van der Waals surface area contributed by atoms with E-state index in [4.69, 9.17) is 19.6 Å². The van der Waals surface area contributed by atoms with Gasteiger partial charge in [-0.25, -0.2) is 9.78 Å². The maximum absolute atomic E-state index is 12.5. The number of hydrogen-bond acceptors (Lipinski definition) is 8. The highest BCUT2D eigenvalue weighted by Gasteiger charge is 2.28. The normalized spacial score (nSPS) is 10.6. The molecule has 0 saturated carbocycles. The first kappa shape index (κ1) is 31.0. The molecule has 0 saturated heterocycles. The van der Waals surface area contributed by atoms with Gasteiger partial charge < -0.3 is 30.1 Å². The molecule has 11 heteroatoms. The SMILES string of the molecule is CCCCCc1cc(NCCCNC(=O)O)c([N+](=O)[O-])c(N(Cc2ccc(OC)cc2)Cc2ccc(OC)cc2)n1. The number of aromatic nitrogens is 1. The van der Waals surface area contributed by atoms with Gasteiger partial charge in [-0.15, -0.1) is 0 Å². The summed E-state index contributed by atoms with van der Waals surface area (Å²) in [5.41, 5.74) is 2.91. The number of carboxylic acid groups (broad SMARTS) is 1.